The number of piperazine rings is 1. The first-order valence-corrected chi connectivity index (χ1v) is 10.2. The summed E-state index contributed by atoms with van der Waals surface area (Å²) in [5.74, 6) is 0. The molecule has 0 aliphatic carbocycles. The Labute approximate surface area is 155 Å². The molecule has 2 bridgehead atoms. The largest absolute Gasteiger partial charge is 0.339 e. The molecule has 1 aromatic carbocycles. The van der Waals surface area contributed by atoms with Crippen LogP contribution in [0, 0.1) is 6.92 Å². The fourth-order valence-electron chi connectivity index (χ4n) is 3.51. The van der Waals surface area contributed by atoms with Gasteiger partial charge in [0.1, 0.15) is 0 Å². The lowest BCUT2D eigenvalue weighted by Crippen LogP contribution is -2.55. The van der Waals surface area contributed by atoms with Crippen molar-refractivity contribution < 1.29 is 12.6 Å². The van der Waals surface area contributed by atoms with Crippen molar-refractivity contribution in [3.8, 4) is 0 Å². The van der Waals surface area contributed by atoms with Gasteiger partial charge in [0.15, 0.2) is 5.72 Å². The predicted molar refractivity (Wildman–Crippen MR) is 97.9 cm³/mol. The number of aryl methyl sites for hydroxylation is 1. The van der Waals surface area contributed by atoms with Gasteiger partial charge in [-0.25, -0.2) is 4.18 Å². The van der Waals surface area contributed by atoms with Crippen molar-refractivity contribution in [2.24, 2.45) is 0 Å². The Balaban J connectivity index is 1.68. The van der Waals surface area contributed by atoms with Crippen molar-refractivity contribution in [3.63, 3.8) is 0 Å². The van der Waals surface area contributed by atoms with E-state index in [1.807, 2.05) is 17.9 Å². The van der Waals surface area contributed by atoms with Gasteiger partial charge in [0.2, 0.25) is 0 Å². The third kappa shape index (κ3) is 3.08. The highest BCUT2D eigenvalue weighted by molar-refractivity contribution is 9.10. The number of fused-ring (bicyclic) bond motifs is 2. The second kappa shape index (κ2) is 6.05. The van der Waals surface area contributed by atoms with E-state index in [1.54, 1.807) is 36.7 Å². The van der Waals surface area contributed by atoms with Crippen molar-refractivity contribution in [3.05, 3.63) is 52.8 Å². The number of rotatable bonds is 4. The molecule has 8 heteroatoms. The van der Waals surface area contributed by atoms with Gasteiger partial charge >= 0.3 is 0 Å². The fourth-order valence-corrected chi connectivity index (χ4v) is 5.05. The quantitative estimate of drug-likeness (QED) is 0.761. The van der Waals surface area contributed by atoms with Crippen molar-refractivity contribution in [2.45, 2.75) is 30.0 Å². The standard InChI is InChI=1S/C17H18BrN3O3S/c1-12-2-4-16(5-3-12)25(22,23)24-17-7-14(20-11-17)10-21(17)15-6-13(18)8-19-9-15/h2-6,8-9,14,20H,7,10-11H2,1H3/t14-,17-/m0/s1. The minimum Gasteiger partial charge on any atom is -0.339 e. The first-order valence-electron chi connectivity index (χ1n) is 8.02. The number of nitrogens with one attached hydrogen (secondary N) is 1. The summed E-state index contributed by atoms with van der Waals surface area (Å²) in [6.45, 7) is 3.05. The highest BCUT2D eigenvalue weighted by Gasteiger charge is 2.54. The lowest BCUT2D eigenvalue weighted by molar-refractivity contribution is 0.105. The van der Waals surface area contributed by atoms with Crippen LogP contribution in [0.5, 0.6) is 0 Å². The van der Waals surface area contributed by atoms with E-state index >= 15 is 0 Å². The third-order valence-corrected chi connectivity index (χ3v) is 6.52. The number of hydrogen-bond donors (Lipinski definition) is 1. The number of benzene rings is 1. The molecule has 2 saturated heterocycles. The Morgan fingerprint density at radius 2 is 2.08 bits per heavy atom. The van der Waals surface area contributed by atoms with E-state index in [2.05, 4.69) is 26.2 Å². The van der Waals surface area contributed by atoms with Crippen LogP contribution >= 0.6 is 15.9 Å². The number of halogens is 1. The number of hydrogen-bond acceptors (Lipinski definition) is 6. The van der Waals surface area contributed by atoms with Crippen molar-refractivity contribution in [1.29, 1.82) is 0 Å². The molecule has 6 nitrogen and oxygen atoms in total. The molecule has 1 N–H and O–H groups in total. The summed E-state index contributed by atoms with van der Waals surface area (Å²) >= 11 is 3.42. The molecular weight excluding hydrogens is 406 g/mol. The third-order valence-electron chi connectivity index (χ3n) is 4.70. The summed E-state index contributed by atoms with van der Waals surface area (Å²) in [4.78, 5) is 6.37. The lowest BCUT2D eigenvalue weighted by Gasteiger charge is -2.39. The zero-order valence-corrected chi connectivity index (χ0v) is 16.0. The second-order valence-electron chi connectivity index (χ2n) is 6.55. The highest BCUT2D eigenvalue weighted by Crippen LogP contribution is 2.41. The van der Waals surface area contributed by atoms with E-state index in [1.165, 1.54) is 0 Å². The molecule has 2 fully saturated rings. The van der Waals surface area contributed by atoms with Crippen molar-refractivity contribution in [1.82, 2.24) is 10.3 Å². The number of pyridine rings is 1. The Kier molecular flexibility index (Phi) is 4.10. The first-order chi connectivity index (χ1) is 11.9. The minimum absolute atomic E-state index is 0.176. The average Bonchev–Trinajstić information content (AvgIpc) is 3.12. The zero-order valence-electron chi connectivity index (χ0n) is 13.6. The van der Waals surface area contributed by atoms with Crippen LogP contribution in [0.25, 0.3) is 0 Å². The maximum absolute atomic E-state index is 12.8. The molecule has 1 aromatic heterocycles. The molecule has 3 heterocycles. The maximum atomic E-state index is 12.8. The van der Waals surface area contributed by atoms with E-state index in [4.69, 9.17) is 4.18 Å². The van der Waals surface area contributed by atoms with Crippen LogP contribution in [0.1, 0.15) is 12.0 Å². The summed E-state index contributed by atoms with van der Waals surface area (Å²) in [5, 5.41) is 3.33. The normalized spacial score (nSPS) is 25.5. The summed E-state index contributed by atoms with van der Waals surface area (Å²) in [7, 11) is -3.87. The van der Waals surface area contributed by atoms with Gasteiger partial charge in [0, 0.05) is 36.2 Å². The van der Waals surface area contributed by atoms with Gasteiger partial charge in [-0.2, -0.15) is 8.42 Å². The maximum Gasteiger partial charge on any atom is 0.299 e. The molecule has 2 aliphatic rings. The molecule has 25 heavy (non-hydrogen) atoms. The second-order valence-corrected chi connectivity index (χ2v) is 9.01. The van der Waals surface area contributed by atoms with Gasteiger partial charge in [-0.15, -0.1) is 0 Å². The SMILES string of the molecule is Cc1ccc(S(=O)(=O)O[C@@]23CN[C@H](CN2c2cncc(Br)c2)C3)cc1. The molecule has 2 aromatic rings. The molecule has 2 atom stereocenters. The first kappa shape index (κ1) is 17.0. The summed E-state index contributed by atoms with van der Waals surface area (Å²) in [6, 6.07) is 8.84. The molecule has 0 radical (unpaired) electrons. The van der Waals surface area contributed by atoms with Gasteiger partial charge in [-0.1, -0.05) is 17.7 Å². The van der Waals surface area contributed by atoms with Crippen LogP contribution in [0.15, 0.2) is 52.1 Å². The van der Waals surface area contributed by atoms with Crippen molar-refractivity contribution >= 4 is 31.7 Å². The van der Waals surface area contributed by atoms with Gasteiger partial charge in [0.25, 0.3) is 10.1 Å². The Hall–Kier alpha value is -1.48. The number of anilines is 1. The molecular formula is C17H18BrN3O3S. The van der Waals surface area contributed by atoms with Crippen LogP contribution in [0.3, 0.4) is 0 Å². The number of nitrogens with zero attached hydrogens (tertiary/aromatic N) is 2. The van der Waals surface area contributed by atoms with Crippen LogP contribution in [0.2, 0.25) is 0 Å². The van der Waals surface area contributed by atoms with E-state index in [-0.39, 0.29) is 10.9 Å². The van der Waals surface area contributed by atoms with Gasteiger partial charge in [-0.3, -0.25) is 4.98 Å². The number of aromatic nitrogens is 1. The smallest absolute Gasteiger partial charge is 0.299 e. The highest BCUT2D eigenvalue weighted by atomic mass is 79.9. The van der Waals surface area contributed by atoms with Crippen LogP contribution in [-0.2, 0) is 14.3 Å². The van der Waals surface area contributed by atoms with E-state index in [0.717, 1.165) is 15.7 Å². The topological polar surface area (TPSA) is 71.5 Å². The van der Waals surface area contributed by atoms with Gasteiger partial charge in [-0.05, 0) is 41.1 Å². The molecule has 4 rings (SSSR count). The molecule has 2 aliphatic heterocycles. The average molecular weight is 424 g/mol. The lowest BCUT2D eigenvalue weighted by atomic mass is 10.2. The van der Waals surface area contributed by atoms with Crippen LogP contribution in [-0.4, -0.2) is 38.3 Å². The zero-order chi connectivity index (χ0) is 17.7. The Bertz CT molecular complexity index is 904. The van der Waals surface area contributed by atoms with E-state index in [9.17, 15) is 8.42 Å². The van der Waals surface area contributed by atoms with E-state index in [0.29, 0.717) is 19.5 Å². The van der Waals surface area contributed by atoms with Gasteiger partial charge in [0.05, 0.1) is 16.8 Å². The summed E-state index contributed by atoms with van der Waals surface area (Å²) < 4.78 is 32.3. The summed E-state index contributed by atoms with van der Waals surface area (Å²) in [6.07, 6.45) is 4.05. The van der Waals surface area contributed by atoms with E-state index < -0.39 is 15.8 Å². The Morgan fingerprint density at radius 3 is 2.76 bits per heavy atom. The van der Waals surface area contributed by atoms with Crippen LogP contribution < -0.4 is 10.2 Å². The molecule has 0 saturated carbocycles. The summed E-state index contributed by atoms with van der Waals surface area (Å²) in [5.41, 5.74) is 0.927. The minimum atomic E-state index is -3.87. The molecule has 132 valence electrons. The fraction of sp³-hybridized carbons (Fsp3) is 0.353. The van der Waals surface area contributed by atoms with Gasteiger partial charge < -0.3 is 10.2 Å². The molecule has 0 spiro atoms. The van der Waals surface area contributed by atoms with Crippen LogP contribution in [0.4, 0.5) is 5.69 Å². The van der Waals surface area contributed by atoms with Crippen molar-refractivity contribution in [2.75, 3.05) is 18.0 Å². The molecule has 0 unspecified atom stereocenters. The predicted octanol–water partition coefficient (Wildman–Crippen LogP) is 2.44. The Morgan fingerprint density at radius 1 is 1.32 bits per heavy atom. The monoisotopic (exact) mass is 423 g/mol. The molecule has 0 amide bonds.